The van der Waals surface area contributed by atoms with E-state index in [9.17, 15) is 14.4 Å². The van der Waals surface area contributed by atoms with Gasteiger partial charge in [-0.1, -0.05) is 17.4 Å². The summed E-state index contributed by atoms with van der Waals surface area (Å²) < 4.78 is 0. The van der Waals surface area contributed by atoms with Crippen LogP contribution in [0.25, 0.3) is 0 Å². The van der Waals surface area contributed by atoms with Crippen LogP contribution in [-0.4, -0.2) is 38.8 Å². The van der Waals surface area contributed by atoms with Crippen molar-refractivity contribution in [1.82, 2.24) is 10.2 Å². The van der Waals surface area contributed by atoms with Gasteiger partial charge in [0.1, 0.15) is 5.01 Å². The van der Waals surface area contributed by atoms with Crippen molar-refractivity contribution in [3.8, 4) is 0 Å². The van der Waals surface area contributed by atoms with E-state index >= 15 is 0 Å². The minimum absolute atomic E-state index is 0.0869. The lowest BCUT2D eigenvalue weighted by molar-refractivity contribution is -0.138. The summed E-state index contributed by atoms with van der Waals surface area (Å²) in [7, 11) is 0. The van der Waals surface area contributed by atoms with Gasteiger partial charge in [0, 0.05) is 17.0 Å². The van der Waals surface area contributed by atoms with E-state index in [4.69, 9.17) is 5.11 Å². The van der Waals surface area contributed by atoms with Gasteiger partial charge in [-0.15, -0.1) is 22.0 Å². The molecule has 1 aromatic heterocycles. The SMILES string of the molecule is Cc1nnc(NC(=O)CSc2cccc(NC(=O)CCC(=O)O)c2)s1. The van der Waals surface area contributed by atoms with Crippen LogP contribution >= 0.6 is 23.1 Å². The predicted octanol–water partition coefficient (Wildman–Crippen LogP) is 2.38. The smallest absolute Gasteiger partial charge is 0.303 e. The van der Waals surface area contributed by atoms with E-state index in [1.807, 2.05) is 6.07 Å². The molecule has 2 aromatic rings. The first-order valence-corrected chi connectivity index (χ1v) is 9.07. The van der Waals surface area contributed by atoms with Crippen molar-refractivity contribution in [2.75, 3.05) is 16.4 Å². The van der Waals surface area contributed by atoms with Crippen molar-refractivity contribution >= 4 is 51.7 Å². The lowest BCUT2D eigenvalue weighted by atomic mass is 10.2. The van der Waals surface area contributed by atoms with Gasteiger partial charge >= 0.3 is 5.97 Å². The van der Waals surface area contributed by atoms with Gasteiger partial charge in [0.2, 0.25) is 16.9 Å². The van der Waals surface area contributed by atoms with E-state index in [0.29, 0.717) is 10.8 Å². The molecule has 3 N–H and O–H groups in total. The van der Waals surface area contributed by atoms with Crippen LogP contribution in [0.1, 0.15) is 17.8 Å². The quantitative estimate of drug-likeness (QED) is 0.601. The fourth-order valence-corrected chi connectivity index (χ4v) is 3.12. The summed E-state index contributed by atoms with van der Waals surface area (Å²) in [4.78, 5) is 34.8. The van der Waals surface area contributed by atoms with E-state index in [2.05, 4.69) is 20.8 Å². The number of nitrogens with zero attached hydrogens (tertiary/aromatic N) is 2. The molecule has 132 valence electrons. The van der Waals surface area contributed by atoms with Gasteiger partial charge in [-0.25, -0.2) is 0 Å². The lowest BCUT2D eigenvalue weighted by Gasteiger charge is -2.07. The maximum atomic E-state index is 11.9. The van der Waals surface area contributed by atoms with Gasteiger partial charge in [-0.2, -0.15) is 0 Å². The molecular formula is C15H16N4O4S2. The number of hydrogen-bond acceptors (Lipinski definition) is 7. The number of carbonyl (C=O) groups excluding carboxylic acids is 2. The number of thioether (sulfide) groups is 1. The van der Waals surface area contributed by atoms with Crippen LogP contribution in [0.4, 0.5) is 10.8 Å². The number of aliphatic carboxylic acids is 1. The van der Waals surface area contributed by atoms with Gasteiger partial charge in [-0.05, 0) is 25.1 Å². The number of hydrogen-bond donors (Lipinski definition) is 3. The molecule has 0 fully saturated rings. The summed E-state index contributed by atoms with van der Waals surface area (Å²) in [6.45, 7) is 1.80. The van der Waals surface area contributed by atoms with Crippen molar-refractivity contribution < 1.29 is 19.5 Å². The summed E-state index contributed by atoms with van der Waals surface area (Å²) in [6, 6.07) is 7.00. The number of aryl methyl sites for hydroxylation is 1. The van der Waals surface area contributed by atoms with Gasteiger partial charge in [0.25, 0.3) is 0 Å². The highest BCUT2D eigenvalue weighted by Gasteiger charge is 2.09. The Labute approximate surface area is 152 Å². The minimum Gasteiger partial charge on any atom is -0.481 e. The third-order valence-electron chi connectivity index (χ3n) is 2.83. The molecule has 1 heterocycles. The highest BCUT2D eigenvalue weighted by Crippen LogP contribution is 2.22. The fraction of sp³-hybridized carbons (Fsp3) is 0.267. The molecule has 0 unspecified atom stereocenters. The minimum atomic E-state index is -1.02. The summed E-state index contributed by atoms with van der Waals surface area (Å²) in [5.41, 5.74) is 0.556. The highest BCUT2D eigenvalue weighted by atomic mass is 32.2. The van der Waals surface area contributed by atoms with Gasteiger partial charge in [-0.3, -0.25) is 19.7 Å². The first-order valence-electron chi connectivity index (χ1n) is 7.27. The Kier molecular flexibility index (Phi) is 6.90. The molecule has 0 aliphatic carbocycles. The van der Waals surface area contributed by atoms with Crippen LogP contribution in [-0.2, 0) is 14.4 Å². The fourth-order valence-electron chi connectivity index (χ4n) is 1.76. The zero-order chi connectivity index (χ0) is 18.2. The predicted molar refractivity (Wildman–Crippen MR) is 95.9 cm³/mol. The molecule has 2 amide bonds. The maximum absolute atomic E-state index is 11.9. The Balaban J connectivity index is 1.83. The number of carboxylic acid groups (broad SMARTS) is 1. The van der Waals surface area contributed by atoms with Gasteiger partial charge in [0.05, 0.1) is 12.2 Å². The van der Waals surface area contributed by atoms with Crippen molar-refractivity contribution in [1.29, 1.82) is 0 Å². The third kappa shape index (κ3) is 6.89. The number of carbonyl (C=O) groups is 3. The molecule has 0 saturated carbocycles. The number of nitrogens with one attached hydrogen (secondary N) is 2. The van der Waals surface area contributed by atoms with E-state index in [1.54, 1.807) is 25.1 Å². The van der Waals surface area contributed by atoms with E-state index in [-0.39, 0.29) is 30.4 Å². The Morgan fingerprint density at radius 2 is 1.96 bits per heavy atom. The van der Waals surface area contributed by atoms with Crippen LogP contribution in [0.3, 0.4) is 0 Å². The lowest BCUT2D eigenvalue weighted by Crippen LogP contribution is -2.14. The molecule has 0 saturated heterocycles. The van der Waals surface area contributed by atoms with E-state index in [1.165, 1.54) is 23.1 Å². The number of aromatic nitrogens is 2. The molecule has 1 aromatic carbocycles. The molecule has 0 spiro atoms. The second-order valence-electron chi connectivity index (χ2n) is 4.93. The first kappa shape index (κ1) is 18.9. The molecule has 8 nitrogen and oxygen atoms in total. The summed E-state index contributed by atoms with van der Waals surface area (Å²) in [5, 5.41) is 22.8. The Hall–Kier alpha value is -2.46. The molecule has 0 bridgehead atoms. The Bertz CT molecular complexity index is 778. The highest BCUT2D eigenvalue weighted by molar-refractivity contribution is 8.00. The third-order valence-corrected chi connectivity index (χ3v) is 4.57. The zero-order valence-corrected chi connectivity index (χ0v) is 14.9. The summed E-state index contributed by atoms with van der Waals surface area (Å²) >= 11 is 2.61. The second kappa shape index (κ2) is 9.14. The molecule has 0 radical (unpaired) electrons. The zero-order valence-electron chi connectivity index (χ0n) is 13.3. The molecule has 0 atom stereocenters. The van der Waals surface area contributed by atoms with Crippen LogP contribution in [0.5, 0.6) is 0 Å². The standard InChI is InChI=1S/C15H16N4O4S2/c1-9-18-19-15(25-9)17-13(21)8-24-11-4-2-3-10(7-11)16-12(20)5-6-14(22)23/h2-4,7H,5-6,8H2,1H3,(H,16,20)(H,22,23)(H,17,19,21). The largest absolute Gasteiger partial charge is 0.481 e. The molecule has 0 aliphatic rings. The summed E-state index contributed by atoms with van der Waals surface area (Å²) in [6.07, 6.45) is -0.304. The molecule has 2 rings (SSSR count). The Morgan fingerprint density at radius 1 is 1.16 bits per heavy atom. The number of rotatable bonds is 8. The molecule has 10 heteroatoms. The van der Waals surface area contributed by atoms with Crippen molar-refractivity contribution in [2.45, 2.75) is 24.7 Å². The second-order valence-corrected chi connectivity index (χ2v) is 7.16. The molecular weight excluding hydrogens is 364 g/mol. The average Bonchev–Trinajstić information content (AvgIpc) is 2.96. The topological polar surface area (TPSA) is 121 Å². The van der Waals surface area contributed by atoms with Crippen molar-refractivity contribution in [3.05, 3.63) is 29.3 Å². The van der Waals surface area contributed by atoms with Gasteiger partial charge < -0.3 is 10.4 Å². The Morgan fingerprint density at radius 3 is 2.64 bits per heavy atom. The van der Waals surface area contributed by atoms with Crippen LogP contribution in [0.15, 0.2) is 29.2 Å². The van der Waals surface area contributed by atoms with Crippen LogP contribution in [0.2, 0.25) is 0 Å². The van der Waals surface area contributed by atoms with Crippen LogP contribution in [0, 0.1) is 6.92 Å². The van der Waals surface area contributed by atoms with Crippen molar-refractivity contribution in [3.63, 3.8) is 0 Å². The average molecular weight is 380 g/mol. The normalized spacial score (nSPS) is 10.3. The monoisotopic (exact) mass is 380 g/mol. The summed E-state index contributed by atoms with van der Waals surface area (Å²) in [5.74, 6) is -1.39. The molecule has 25 heavy (non-hydrogen) atoms. The van der Waals surface area contributed by atoms with Crippen molar-refractivity contribution in [2.24, 2.45) is 0 Å². The molecule has 0 aliphatic heterocycles. The maximum Gasteiger partial charge on any atom is 0.303 e. The van der Waals surface area contributed by atoms with E-state index in [0.717, 1.165) is 9.90 Å². The number of anilines is 2. The van der Waals surface area contributed by atoms with E-state index < -0.39 is 5.97 Å². The number of carboxylic acids is 1. The van der Waals surface area contributed by atoms with Crippen LogP contribution < -0.4 is 10.6 Å². The number of amides is 2. The van der Waals surface area contributed by atoms with Gasteiger partial charge in [0.15, 0.2) is 0 Å². The first-order chi connectivity index (χ1) is 11.9. The number of benzene rings is 1.